The van der Waals surface area contributed by atoms with Crippen LogP contribution in [0.5, 0.6) is 0 Å². The molecule has 0 unspecified atom stereocenters. The average molecular weight is 265 g/mol. The van der Waals surface area contributed by atoms with Crippen molar-refractivity contribution in [3.05, 3.63) is 35.9 Å². The largest absolute Gasteiger partial charge is 0.458 e. The SMILES string of the molecule is CCN1CCC(F)(C(=O)OCc2ccccc2)CC1. The first kappa shape index (κ1) is 14.0. The fourth-order valence-electron chi connectivity index (χ4n) is 2.28. The smallest absolute Gasteiger partial charge is 0.344 e. The summed E-state index contributed by atoms with van der Waals surface area (Å²) in [6.45, 7) is 4.32. The van der Waals surface area contributed by atoms with Crippen LogP contribution < -0.4 is 0 Å². The highest BCUT2D eigenvalue weighted by atomic mass is 19.1. The van der Waals surface area contributed by atoms with Gasteiger partial charge in [0.2, 0.25) is 5.67 Å². The van der Waals surface area contributed by atoms with E-state index in [2.05, 4.69) is 4.90 Å². The van der Waals surface area contributed by atoms with Crippen molar-refractivity contribution in [1.82, 2.24) is 4.90 Å². The van der Waals surface area contributed by atoms with Crippen molar-refractivity contribution in [2.45, 2.75) is 32.0 Å². The van der Waals surface area contributed by atoms with Gasteiger partial charge in [0.1, 0.15) is 6.61 Å². The zero-order chi connectivity index (χ0) is 13.7. The molecule has 3 nitrogen and oxygen atoms in total. The minimum atomic E-state index is -1.81. The summed E-state index contributed by atoms with van der Waals surface area (Å²) in [5.41, 5.74) is -0.925. The van der Waals surface area contributed by atoms with E-state index in [1.807, 2.05) is 37.3 Å². The highest BCUT2D eigenvalue weighted by Crippen LogP contribution is 2.28. The van der Waals surface area contributed by atoms with Crippen LogP contribution in [0.25, 0.3) is 0 Å². The average Bonchev–Trinajstić information content (AvgIpc) is 2.46. The number of hydrogen-bond acceptors (Lipinski definition) is 3. The van der Waals surface area contributed by atoms with Gasteiger partial charge in [-0.2, -0.15) is 0 Å². The summed E-state index contributed by atoms with van der Waals surface area (Å²) in [6.07, 6.45) is 0.461. The number of ether oxygens (including phenoxy) is 1. The van der Waals surface area contributed by atoms with Crippen LogP contribution in [0.2, 0.25) is 0 Å². The molecule has 0 aliphatic carbocycles. The normalized spacial score (nSPS) is 19.1. The molecule has 0 spiro atoms. The van der Waals surface area contributed by atoms with Crippen LogP contribution in [0.4, 0.5) is 4.39 Å². The van der Waals surface area contributed by atoms with Crippen LogP contribution in [0.15, 0.2) is 30.3 Å². The number of rotatable bonds is 4. The third-order valence-corrected chi connectivity index (χ3v) is 3.67. The molecule has 1 aliphatic rings. The van der Waals surface area contributed by atoms with Gasteiger partial charge in [-0.1, -0.05) is 37.3 Å². The van der Waals surface area contributed by atoms with E-state index >= 15 is 0 Å². The van der Waals surface area contributed by atoms with Crippen LogP contribution in [0.1, 0.15) is 25.3 Å². The highest BCUT2D eigenvalue weighted by molar-refractivity contribution is 5.79. The standard InChI is InChI=1S/C15H20FNO2/c1-2-17-10-8-15(16,9-11-17)14(18)19-12-13-6-4-3-5-7-13/h3-7H,2,8-12H2,1H3. The molecule has 1 aliphatic heterocycles. The molecule has 104 valence electrons. The van der Waals surface area contributed by atoms with Gasteiger partial charge in [-0.05, 0) is 12.1 Å². The molecule has 4 heteroatoms. The van der Waals surface area contributed by atoms with Crippen molar-refractivity contribution < 1.29 is 13.9 Å². The Morgan fingerprint density at radius 2 is 1.95 bits per heavy atom. The number of halogens is 1. The number of benzene rings is 1. The number of alkyl halides is 1. The van der Waals surface area contributed by atoms with Crippen molar-refractivity contribution in [2.75, 3.05) is 19.6 Å². The maximum absolute atomic E-state index is 14.5. The fraction of sp³-hybridized carbons (Fsp3) is 0.533. The monoisotopic (exact) mass is 265 g/mol. The molecular formula is C15H20FNO2. The first-order valence-corrected chi connectivity index (χ1v) is 6.76. The van der Waals surface area contributed by atoms with Gasteiger partial charge in [0.15, 0.2) is 0 Å². The van der Waals surface area contributed by atoms with Gasteiger partial charge in [0.05, 0.1) is 0 Å². The second-order valence-corrected chi connectivity index (χ2v) is 4.96. The molecule has 1 aromatic rings. The fourth-order valence-corrected chi connectivity index (χ4v) is 2.28. The Labute approximate surface area is 113 Å². The Hall–Kier alpha value is -1.42. The van der Waals surface area contributed by atoms with Gasteiger partial charge in [0, 0.05) is 25.9 Å². The second-order valence-electron chi connectivity index (χ2n) is 4.96. The van der Waals surface area contributed by atoms with E-state index in [4.69, 9.17) is 4.74 Å². The third-order valence-electron chi connectivity index (χ3n) is 3.67. The van der Waals surface area contributed by atoms with Gasteiger partial charge in [-0.3, -0.25) is 0 Å². The van der Waals surface area contributed by atoms with Gasteiger partial charge in [0.25, 0.3) is 0 Å². The third kappa shape index (κ3) is 3.53. The lowest BCUT2D eigenvalue weighted by Crippen LogP contribution is -2.47. The topological polar surface area (TPSA) is 29.5 Å². The molecule has 0 bridgehead atoms. The van der Waals surface area contributed by atoms with Crippen LogP contribution in [-0.4, -0.2) is 36.2 Å². The van der Waals surface area contributed by atoms with Crippen LogP contribution >= 0.6 is 0 Å². The molecule has 0 amide bonds. The van der Waals surface area contributed by atoms with E-state index in [1.54, 1.807) is 0 Å². The maximum Gasteiger partial charge on any atom is 0.344 e. The summed E-state index contributed by atoms with van der Waals surface area (Å²) in [7, 11) is 0. The summed E-state index contributed by atoms with van der Waals surface area (Å²) in [6, 6.07) is 9.35. The Morgan fingerprint density at radius 1 is 1.32 bits per heavy atom. The van der Waals surface area contributed by atoms with E-state index < -0.39 is 11.6 Å². The predicted octanol–water partition coefficient (Wildman–Crippen LogP) is 2.55. The Kier molecular flexibility index (Phi) is 4.53. The molecule has 0 saturated carbocycles. The summed E-state index contributed by atoms with van der Waals surface area (Å²) in [4.78, 5) is 14.0. The van der Waals surface area contributed by atoms with Gasteiger partial charge in [-0.25, -0.2) is 9.18 Å². The summed E-state index contributed by atoms with van der Waals surface area (Å²) in [5.74, 6) is -0.716. The number of hydrogen-bond donors (Lipinski definition) is 0. The van der Waals surface area contributed by atoms with Crippen LogP contribution in [0.3, 0.4) is 0 Å². The zero-order valence-corrected chi connectivity index (χ0v) is 11.3. The summed E-state index contributed by atoms with van der Waals surface area (Å²) < 4.78 is 19.6. The molecule has 1 aromatic carbocycles. The van der Waals surface area contributed by atoms with Crippen LogP contribution in [0, 0.1) is 0 Å². The number of nitrogens with zero attached hydrogens (tertiary/aromatic N) is 1. The van der Waals surface area contributed by atoms with Crippen molar-refractivity contribution in [3.63, 3.8) is 0 Å². The number of piperidine rings is 1. The minimum Gasteiger partial charge on any atom is -0.458 e. The molecule has 19 heavy (non-hydrogen) atoms. The van der Waals surface area contributed by atoms with Crippen molar-refractivity contribution >= 4 is 5.97 Å². The molecule has 0 atom stereocenters. The molecule has 1 fully saturated rings. The van der Waals surface area contributed by atoms with Crippen molar-refractivity contribution in [2.24, 2.45) is 0 Å². The Morgan fingerprint density at radius 3 is 2.53 bits per heavy atom. The van der Waals surface area contributed by atoms with E-state index in [-0.39, 0.29) is 19.4 Å². The molecule has 2 rings (SSSR count). The molecule has 1 heterocycles. The van der Waals surface area contributed by atoms with Crippen LogP contribution in [-0.2, 0) is 16.1 Å². The minimum absolute atomic E-state index is 0.142. The van der Waals surface area contributed by atoms with Gasteiger partial charge in [-0.15, -0.1) is 0 Å². The summed E-state index contributed by atoms with van der Waals surface area (Å²) in [5, 5.41) is 0. The van der Waals surface area contributed by atoms with Crippen molar-refractivity contribution in [1.29, 1.82) is 0 Å². The van der Waals surface area contributed by atoms with Crippen molar-refractivity contribution in [3.8, 4) is 0 Å². The first-order valence-electron chi connectivity index (χ1n) is 6.76. The Balaban J connectivity index is 1.86. The van der Waals surface area contributed by atoms with Gasteiger partial charge >= 0.3 is 5.97 Å². The first-order chi connectivity index (χ1) is 9.14. The lowest BCUT2D eigenvalue weighted by atomic mass is 9.93. The number of esters is 1. The molecule has 0 radical (unpaired) electrons. The molecule has 1 saturated heterocycles. The van der Waals surface area contributed by atoms with E-state index in [9.17, 15) is 9.18 Å². The number of carbonyl (C=O) groups excluding carboxylic acids is 1. The van der Waals surface area contributed by atoms with E-state index in [0.29, 0.717) is 13.1 Å². The number of carbonyl (C=O) groups is 1. The lowest BCUT2D eigenvalue weighted by molar-refractivity contribution is -0.162. The number of likely N-dealkylation sites (tertiary alicyclic amines) is 1. The zero-order valence-electron chi connectivity index (χ0n) is 11.3. The van der Waals surface area contributed by atoms with E-state index in [1.165, 1.54) is 0 Å². The second kappa shape index (κ2) is 6.15. The molecule has 0 aromatic heterocycles. The van der Waals surface area contributed by atoms with Gasteiger partial charge < -0.3 is 9.64 Å². The quantitative estimate of drug-likeness (QED) is 0.784. The lowest BCUT2D eigenvalue weighted by Gasteiger charge is -2.34. The molecular weight excluding hydrogens is 245 g/mol. The Bertz CT molecular complexity index is 413. The maximum atomic E-state index is 14.5. The van der Waals surface area contributed by atoms with E-state index in [0.717, 1.165) is 12.1 Å². The predicted molar refractivity (Wildman–Crippen MR) is 71.4 cm³/mol. The summed E-state index contributed by atoms with van der Waals surface area (Å²) >= 11 is 0. The highest BCUT2D eigenvalue weighted by Gasteiger charge is 2.42. The molecule has 0 N–H and O–H groups in total.